The van der Waals surface area contributed by atoms with Gasteiger partial charge in [-0.15, -0.1) is 0 Å². The summed E-state index contributed by atoms with van der Waals surface area (Å²) in [4.78, 5) is 22.1. The molecule has 0 fully saturated rings. The summed E-state index contributed by atoms with van der Waals surface area (Å²) in [6.45, 7) is 7.87. The normalized spacial score (nSPS) is 14.3. The van der Waals surface area contributed by atoms with Gasteiger partial charge in [0.25, 0.3) is 5.91 Å². The molecule has 0 saturated heterocycles. The number of aromatic nitrogens is 3. The number of carbonyl (C=O) groups excluding carboxylic acids is 1. The van der Waals surface area contributed by atoms with Crippen LogP contribution in [0.5, 0.6) is 5.75 Å². The lowest BCUT2D eigenvalue weighted by atomic mass is 9.87. The van der Waals surface area contributed by atoms with Gasteiger partial charge in [-0.1, -0.05) is 13.0 Å². The number of alkyl halides is 3. The third kappa shape index (κ3) is 5.82. The second-order valence-electron chi connectivity index (χ2n) is 9.95. The van der Waals surface area contributed by atoms with Crippen molar-refractivity contribution in [3.05, 3.63) is 64.2 Å². The molecule has 4 rings (SSSR count). The summed E-state index contributed by atoms with van der Waals surface area (Å²) >= 11 is 0. The Bertz CT molecular complexity index is 1440. The van der Waals surface area contributed by atoms with Crippen LogP contribution in [0.4, 0.5) is 13.2 Å². The number of halogens is 3. The van der Waals surface area contributed by atoms with Gasteiger partial charge in [0.05, 0.1) is 18.3 Å². The van der Waals surface area contributed by atoms with Gasteiger partial charge >= 0.3 is 6.18 Å². The molecule has 1 unspecified atom stereocenters. The number of amides is 1. The Hall–Kier alpha value is -3.91. The summed E-state index contributed by atoms with van der Waals surface area (Å²) < 4.78 is 48.6. The molecule has 11 heteroatoms. The molecule has 1 aromatic carbocycles. The number of hydrogen-bond acceptors (Lipinski definition) is 6. The number of carbonyl (C=O) groups is 1. The standard InChI is InChI=1S/C29H33F3N6O2/c1-6-36(4)10-8-19-12-22(24-17-37(5)35-27(24)29(30,31)32)21-9-11-38(28(39)23(21)13-19)18(3)25-14-26(40-7-2)20(15-33)16-34-25/h12-14,16-18H,6-11H2,1-5H3. The van der Waals surface area contributed by atoms with E-state index in [1.807, 2.05) is 33.9 Å². The van der Waals surface area contributed by atoms with Crippen molar-refractivity contribution in [2.45, 2.75) is 45.8 Å². The number of benzene rings is 1. The maximum absolute atomic E-state index is 14.0. The topological polar surface area (TPSA) is 87.3 Å². The van der Waals surface area contributed by atoms with E-state index in [-0.39, 0.29) is 11.5 Å². The number of fused-ring (bicyclic) bond motifs is 1. The molecule has 1 aliphatic rings. The number of aryl methyl sites for hydroxylation is 1. The van der Waals surface area contributed by atoms with Crippen LogP contribution in [0.25, 0.3) is 11.1 Å². The Morgan fingerprint density at radius 2 is 1.93 bits per heavy atom. The van der Waals surface area contributed by atoms with Crippen LogP contribution in [0.3, 0.4) is 0 Å². The van der Waals surface area contributed by atoms with Crippen molar-refractivity contribution in [3.63, 3.8) is 0 Å². The molecule has 3 aromatic rings. The Morgan fingerprint density at radius 1 is 1.20 bits per heavy atom. The van der Waals surface area contributed by atoms with Gasteiger partial charge in [0.2, 0.25) is 0 Å². The average Bonchev–Trinajstić information content (AvgIpc) is 3.33. The van der Waals surface area contributed by atoms with Crippen molar-refractivity contribution in [2.75, 3.05) is 33.3 Å². The Labute approximate surface area is 232 Å². The summed E-state index contributed by atoms with van der Waals surface area (Å²) in [6.07, 6.45) is -0.891. The highest BCUT2D eigenvalue weighted by Crippen LogP contribution is 2.40. The molecule has 0 aliphatic carbocycles. The van der Waals surface area contributed by atoms with Crippen LogP contribution in [0.2, 0.25) is 0 Å². The highest BCUT2D eigenvalue weighted by atomic mass is 19.4. The van der Waals surface area contributed by atoms with E-state index < -0.39 is 17.9 Å². The zero-order valence-corrected chi connectivity index (χ0v) is 23.3. The highest BCUT2D eigenvalue weighted by Gasteiger charge is 2.39. The number of pyridine rings is 1. The van der Waals surface area contributed by atoms with E-state index in [0.29, 0.717) is 66.2 Å². The molecule has 2 aromatic heterocycles. The first kappa shape index (κ1) is 29.1. The summed E-state index contributed by atoms with van der Waals surface area (Å²) in [5.41, 5.74) is 2.02. The molecule has 1 aliphatic heterocycles. The van der Waals surface area contributed by atoms with Gasteiger partial charge in [-0.05, 0) is 63.0 Å². The van der Waals surface area contributed by atoms with Crippen LogP contribution < -0.4 is 4.74 Å². The number of rotatable bonds is 9. The molecule has 0 saturated carbocycles. The molecule has 0 bridgehead atoms. The summed E-state index contributed by atoms with van der Waals surface area (Å²) in [5, 5.41) is 13.1. The number of ether oxygens (including phenoxy) is 1. The zero-order chi connectivity index (χ0) is 29.2. The summed E-state index contributed by atoms with van der Waals surface area (Å²) in [5.74, 6) is 0.120. The minimum Gasteiger partial charge on any atom is -0.492 e. The van der Waals surface area contributed by atoms with Gasteiger partial charge in [-0.2, -0.15) is 23.5 Å². The predicted octanol–water partition coefficient (Wildman–Crippen LogP) is 5.02. The molecule has 0 radical (unpaired) electrons. The molecule has 0 spiro atoms. The number of likely N-dealkylation sites (N-methyl/N-ethyl adjacent to an activating group) is 1. The van der Waals surface area contributed by atoms with E-state index in [9.17, 15) is 23.2 Å². The molecular formula is C29H33F3N6O2. The van der Waals surface area contributed by atoms with Crippen molar-refractivity contribution >= 4 is 5.91 Å². The summed E-state index contributed by atoms with van der Waals surface area (Å²) in [6, 6.07) is 6.86. The van der Waals surface area contributed by atoms with Crippen molar-refractivity contribution in [1.82, 2.24) is 24.6 Å². The minimum atomic E-state index is -4.64. The van der Waals surface area contributed by atoms with Crippen LogP contribution in [0.15, 0.2) is 30.6 Å². The monoisotopic (exact) mass is 554 g/mol. The first-order valence-corrected chi connectivity index (χ1v) is 13.3. The SMILES string of the molecule is CCOc1cc(C(C)N2CCc3c(cc(CCN(C)CC)cc3-c3cn(C)nc3C(F)(F)F)C2=O)ncc1C#N. The third-order valence-corrected chi connectivity index (χ3v) is 7.32. The second kappa shape index (κ2) is 11.7. The molecular weight excluding hydrogens is 521 g/mol. The lowest BCUT2D eigenvalue weighted by Crippen LogP contribution is -2.40. The third-order valence-electron chi connectivity index (χ3n) is 7.32. The Morgan fingerprint density at radius 3 is 2.58 bits per heavy atom. The van der Waals surface area contributed by atoms with Crippen LogP contribution in [-0.4, -0.2) is 63.8 Å². The van der Waals surface area contributed by atoms with Crippen LogP contribution >= 0.6 is 0 Å². The van der Waals surface area contributed by atoms with Crippen molar-refractivity contribution < 1.29 is 22.7 Å². The van der Waals surface area contributed by atoms with E-state index in [1.54, 1.807) is 17.0 Å². The van der Waals surface area contributed by atoms with Gasteiger partial charge < -0.3 is 14.5 Å². The fourth-order valence-electron chi connectivity index (χ4n) is 5.01. The number of hydrogen-bond donors (Lipinski definition) is 0. The van der Waals surface area contributed by atoms with Crippen LogP contribution in [0, 0.1) is 11.3 Å². The predicted molar refractivity (Wildman–Crippen MR) is 144 cm³/mol. The number of nitrogens with zero attached hydrogens (tertiary/aromatic N) is 6. The van der Waals surface area contributed by atoms with Gasteiger partial charge in [0, 0.05) is 49.7 Å². The van der Waals surface area contributed by atoms with Crippen LogP contribution in [-0.2, 0) is 26.1 Å². The van der Waals surface area contributed by atoms with E-state index in [4.69, 9.17) is 4.74 Å². The maximum Gasteiger partial charge on any atom is 0.435 e. The van der Waals surface area contributed by atoms with Gasteiger partial charge in [-0.25, -0.2) is 0 Å². The fraction of sp³-hybridized carbons (Fsp3) is 0.448. The molecule has 40 heavy (non-hydrogen) atoms. The number of nitriles is 1. The first-order valence-electron chi connectivity index (χ1n) is 13.3. The van der Waals surface area contributed by atoms with Gasteiger partial charge in [0.1, 0.15) is 17.4 Å². The molecule has 212 valence electrons. The van der Waals surface area contributed by atoms with Crippen LogP contribution in [0.1, 0.15) is 65.2 Å². The molecule has 0 N–H and O–H groups in total. The Balaban J connectivity index is 1.78. The van der Waals surface area contributed by atoms with Gasteiger partial charge in [0.15, 0.2) is 5.69 Å². The Kier molecular flexibility index (Phi) is 8.49. The van der Waals surface area contributed by atoms with E-state index in [1.165, 1.54) is 19.4 Å². The maximum atomic E-state index is 14.0. The average molecular weight is 555 g/mol. The molecule has 3 heterocycles. The van der Waals surface area contributed by atoms with Gasteiger partial charge in [-0.3, -0.25) is 14.5 Å². The second-order valence-corrected chi connectivity index (χ2v) is 9.95. The fourth-order valence-corrected chi connectivity index (χ4v) is 5.01. The highest BCUT2D eigenvalue weighted by molar-refractivity contribution is 5.99. The minimum absolute atomic E-state index is 0.0265. The van der Waals surface area contributed by atoms with Crippen molar-refractivity contribution in [1.29, 1.82) is 5.26 Å². The smallest absolute Gasteiger partial charge is 0.435 e. The lowest BCUT2D eigenvalue weighted by Gasteiger charge is -2.34. The lowest BCUT2D eigenvalue weighted by molar-refractivity contribution is -0.140. The quantitative estimate of drug-likeness (QED) is 0.369. The van der Waals surface area contributed by atoms with Crippen molar-refractivity contribution in [2.24, 2.45) is 7.05 Å². The molecule has 1 atom stereocenters. The molecule has 1 amide bonds. The van der Waals surface area contributed by atoms with E-state index >= 15 is 0 Å². The summed E-state index contributed by atoms with van der Waals surface area (Å²) in [7, 11) is 3.43. The van der Waals surface area contributed by atoms with E-state index in [2.05, 4.69) is 21.1 Å². The van der Waals surface area contributed by atoms with E-state index in [0.717, 1.165) is 16.8 Å². The first-order chi connectivity index (χ1) is 19.0. The van der Waals surface area contributed by atoms with Crippen molar-refractivity contribution in [3.8, 4) is 22.9 Å². The molecule has 8 nitrogen and oxygen atoms in total. The zero-order valence-electron chi connectivity index (χ0n) is 23.3. The largest absolute Gasteiger partial charge is 0.492 e.